The maximum Gasteiger partial charge on any atom is 0.366 e. The highest BCUT2D eigenvalue weighted by atomic mass is 16.6. The van der Waals surface area contributed by atoms with Crippen LogP contribution in [0.4, 0.5) is 11.6 Å². The number of aromatic nitrogens is 1. The van der Waals surface area contributed by atoms with Crippen LogP contribution in [0.15, 0.2) is 42.5 Å². The lowest BCUT2D eigenvalue weighted by molar-refractivity contribution is -0.389. The van der Waals surface area contributed by atoms with E-state index in [2.05, 4.69) is 4.98 Å². The van der Waals surface area contributed by atoms with Crippen LogP contribution in [0.2, 0.25) is 0 Å². The van der Waals surface area contributed by atoms with Crippen LogP contribution >= 0.6 is 0 Å². The van der Waals surface area contributed by atoms with Gasteiger partial charge < -0.3 is 24.3 Å². The Bertz CT molecular complexity index is 857. The van der Waals surface area contributed by atoms with E-state index < -0.39 is 29.2 Å². The van der Waals surface area contributed by atoms with Gasteiger partial charge in [-0.05, 0) is 28.1 Å². The second-order valence-electron chi connectivity index (χ2n) is 5.40. The normalized spacial score (nSPS) is 12.7. The molecule has 0 bridgehead atoms. The van der Waals surface area contributed by atoms with Crippen LogP contribution in [0.5, 0.6) is 11.5 Å². The van der Waals surface area contributed by atoms with Crippen molar-refractivity contribution in [2.75, 3.05) is 31.3 Å². The van der Waals surface area contributed by atoms with Gasteiger partial charge in [-0.25, -0.2) is 0 Å². The Morgan fingerprint density at radius 3 is 2.74 bits per heavy atom. The maximum absolute atomic E-state index is 12.0. The number of nitrogens with zero attached hydrogens (tertiary/aromatic N) is 3. The third kappa shape index (κ3) is 4.48. The van der Waals surface area contributed by atoms with E-state index in [9.17, 15) is 19.7 Å². The lowest BCUT2D eigenvalue weighted by Gasteiger charge is -2.24. The fourth-order valence-electron chi connectivity index (χ4n) is 2.34. The molecule has 1 aliphatic heterocycles. The summed E-state index contributed by atoms with van der Waals surface area (Å²) in [6.07, 6.45) is 0. The van der Waals surface area contributed by atoms with Crippen LogP contribution in [0, 0.1) is 10.1 Å². The standard InChI is InChI=1S/C17H15N3O7/c21-15-11-27-13-6-7-14(20(23)24)18-17(13)19(15)10-16(22)26-9-8-25-12-4-2-1-3-5-12/h1-7H,8-11H2. The SMILES string of the molecule is O=C(CN1C(=O)COc2ccc([N+](=O)[O-])nc21)OCCOc1ccccc1. The van der Waals surface area contributed by atoms with E-state index in [4.69, 9.17) is 14.2 Å². The number of hydrogen-bond donors (Lipinski definition) is 0. The van der Waals surface area contributed by atoms with Crippen molar-refractivity contribution in [1.82, 2.24) is 4.98 Å². The molecule has 0 spiro atoms. The number of fused-ring (bicyclic) bond motifs is 1. The van der Waals surface area contributed by atoms with Crippen molar-refractivity contribution in [3.05, 3.63) is 52.6 Å². The fourth-order valence-corrected chi connectivity index (χ4v) is 2.34. The van der Waals surface area contributed by atoms with Crippen LogP contribution < -0.4 is 14.4 Å². The van der Waals surface area contributed by atoms with Gasteiger partial charge >= 0.3 is 11.8 Å². The molecule has 140 valence electrons. The van der Waals surface area contributed by atoms with Gasteiger partial charge in [0.25, 0.3) is 11.7 Å². The average Bonchev–Trinajstić information content (AvgIpc) is 2.68. The Morgan fingerprint density at radius 1 is 1.22 bits per heavy atom. The van der Waals surface area contributed by atoms with Crippen molar-refractivity contribution in [2.45, 2.75) is 0 Å². The zero-order valence-electron chi connectivity index (χ0n) is 14.1. The van der Waals surface area contributed by atoms with E-state index in [1.54, 1.807) is 12.1 Å². The molecular weight excluding hydrogens is 358 g/mol. The van der Waals surface area contributed by atoms with Crippen molar-refractivity contribution in [3.8, 4) is 11.5 Å². The second kappa shape index (κ2) is 8.13. The first-order chi connectivity index (χ1) is 13.0. The summed E-state index contributed by atoms with van der Waals surface area (Å²) in [6.45, 7) is -0.597. The summed E-state index contributed by atoms with van der Waals surface area (Å²) < 4.78 is 15.6. The molecule has 10 nitrogen and oxygen atoms in total. The molecule has 0 N–H and O–H groups in total. The summed E-state index contributed by atoms with van der Waals surface area (Å²) in [7, 11) is 0. The molecule has 2 aromatic rings. The van der Waals surface area contributed by atoms with Gasteiger partial charge in [0.15, 0.2) is 12.4 Å². The highest BCUT2D eigenvalue weighted by Gasteiger charge is 2.33. The number of rotatable bonds is 7. The molecule has 0 atom stereocenters. The lowest BCUT2D eigenvalue weighted by atomic mass is 10.3. The third-order valence-corrected chi connectivity index (χ3v) is 3.57. The molecule has 0 radical (unpaired) electrons. The monoisotopic (exact) mass is 373 g/mol. The van der Waals surface area contributed by atoms with E-state index in [1.165, 1.54) is 6.07 Å². The predicted octanol–water partition coefficient (Wildman–Crippen LogP) is 1.34. The van der Waals surface area contributed by atoms with Crippen LogP contribution in [-0.4, -0.2) is 48.1 Å². The number of para-hydroxylation sites is 1. The minimum absolute atomic E-state index is 0.0124. The van der Waals surface area contributed by atoms with Crippen molar-refractivity contribution < 1.29 is 28.7 Å². The quantitative estimate of drug-likeness (QED) is 0.308. The number of amides is 1. The first kappa shape index (κ1) is 18.1. The molecule has 0 saturated heterocycles. The summed E-state index contributed by atoms with van der Waals surface area (Å²) in [6, 6.07) is 11.5. The smallest absolute Gasteiger partial charge is 0.366 e. The van der Waals surface area contributed by atoms with Crippen molar-refractivity contribution in [3.63, 3.8) is 0 Å². The first-order valence-corrected chi connectivity index (χ1v) is 7.96. The minimum Gasteiger partial charge on any atom is -0.490 e. The highest BCUT2D eigenvalue weighted by Crippen LogP contribution is 2.31. The van der Waals surface area contributed by atoms with Crippen molar-refractivity contribution in [2.24, 2.45) is 0 Å². The van der Waals surface area contributed by atoms with Crippen LogP contribution in [-0.2, 0) is 14.3 Å². The van der Waals surface area contributed by atoms with E-state index in [0.29, 0.717) is 5.75 Å². The summed E-state index contributed by atoms with van der Waals surface area (Å²) in [5.41, 5.74) is 0. The Morgan fingerprint density at radius 2 is 2.00 bits per heavy atom. The van der Waals surface area contributed by atoms with Gasteiger partial charge in [-0.3, -0.25) is 14.5 Å². The minimum atomic E-state index is -0.698. The van der Waals surface area contributed by atoms with Gasteiger partial charge in [-0.1, -0.05) is 18.2 Å². The summed E-state index contributed by atoms with van der Waals surface area (Å²) >= 11 is 0. The molecule has 1 aromatic carbocycles. The average molecular weight is 373 g/mol. The molecule has 1 aliphatic rings. The van der Waals surface area contributed by atoms with Crippen molar-refractivity contribution in [1.29, 1.82) is 0 Å². The molecule has 2 heterocycles. The highest BCUT2D eigenvalue weighted by molar-refractivity contribution is 6.00. The number of ether oxygens (including phenoxy) is 3. The zero-order chi connectivity index (χ0) is 19.2. The molecular formula is C17H15N3O7. The Labute approximate surface area is 153 Å². The molecule has 0 unspecified atom stereocenters. The van der Waals surface area contributed by atoms with E-state index in [1.807, 2.05) is 18.2 Å². The van der Waals surface area contributed by atoms with E-state index in [0.717, 1.165) is 11.0 Å². The van der Waals surface area contributed by atoms with Crippen LogP contribution in [0.3, 0.4) is 0 Å². The third-order valence-electron chi connectivity index (χ3n) is 3.57. The number of esters is 1. The zero-order valence-corrected chi connectivity index (χ0v) is 14.1. The molecule has 1 amide bonds. The predicted molar refractivity (Wildman–Crippen MR) is 91.6 cm³/mol. The van der Waals surface area contributed by atoms with Gasteiger partial charge in [-0.2, -0.15) is 0 Å². The number of carbonyl (C=O) groups excluding carboxylic acids is 2. The number of anilines is 1. The van der Waals surface area contributed by atoms with Gasteiger partial charge in [0.2, 0.25) is 0 Å². The first-order valence-electron chi connectivity index (χ1n) is 7.96. The largest absolute Gasteiger partial charge is 0.490 e. The Kier molecular flexibility index (Phi) is 5.45. The van der Waals surface area contributed by atoms with Crippen LogP contribution in [0.25, 0.3) is 0 Å². The number of hydrogen-bond acceptors (Lipinski definition) is 8. The molecule has 0 saturated carbocycles. The van der Waals surface area contributed by atoms with Crippen molar-refractivity contribution >= 4 is 23.5 Å². The van der Waals surface area contributed by atoms with Crippen LogP contribution in [0.1, 0.15) is 0 Å². The number of nitro groups is 1. The molecule has 0 fully saturated rings. The number of carbonyl (C=O) groups is 2. The molecule has 0 aliphatic carbocycles. The molecule has 1 aromatic heterocycles. The van der Waals surface area contributed by atoms with E-state index in [-0.39, 0.29) is 31.4 Å². The van der Waals surface area contributed by atoms with Gasteiger partial charge in [-0.15, -0.1) is 0 Å². The summed E-state index contributed by atoms with van der Waals surface area (Å²) in [4.78, 5) is 39.0. The van der Waals surface area contributed by atoms with Gasteiger partial charge in [0, 0.05) is 6.07 Å². The lowest BCUT2D eigenvalue weighted by Crippen LogP contribution is -2.43. The Hall–Kier alpha value is -3.69. The number of pyridine rings is 1. The fraction of sp³-hybridized carbons (Fsp3) is 0.235. The molecule has 27 heavy (non-hydrogen) atoms. The van der Waals surface area contributed by atoms with Gasteiger partial charge in [0.05, 0.1) is 0 Å². The topological polar surface area (TPSA) is 121 Å². The maximum atomic E-state index is 12.0. The number of benzene rings is 1. The summed E-state index contributed by atoms with van der Waals surface area (Å²) in [5.74, 6) is -0.962. The van der Waals surface area contributed by atoms with E-state index >= 15 is 0 Å². The van der Waals surface area contributed by atoms with Gasteiger partial charge in [0.1, 0.15) is 25.5 Å². The summed E-state index contributed by atoms with van der Waals surface area (Å²) in [5, 5.41) is 10.9. The Balaban J connectivity index is 1.58. The molecule has 3 rings (SSSR count). The molecule has 10 heteroatoms. The second-order valence-corrected chi connectivity index (χ2v) is 5.40.